The summed E-state index contributed by atoms with van der Waals surface area (Å²) in [5.74, 6) is 0.238. The van der Waals surface area contributed by atoms with Crippen LogP contribution in [0.1, 0.15) is 37.0 Å². The van der Waals surface area contributed by atoms with Gasteiger partial charge in [-0.3, -0.25) is 4.79 Å². The highest BCUT2D eigenvalue weighted by Crippen LogP contribution is 2.15. The summed E-state index contributed by atoms with van der Waals surface area (Å²) in [7, 11) is 0. The smallest absolute Gasteiger partial charge is 0.349 e. The Morgan fingerprint density at radius 2 is 2.04 bits per heavy atom. The summed E-state index contributed by atoms with van der Waals surface area (Å²) in [5.41, 5.74) is -0.160. The van der Waals surface area contributed by atoms with Gasteiger partial charge in [0.15, 0.2) is 0 Å². The van der Waals surface area contributed by atoms with E-state index >= 15 is 0 Å². The molecule has 124 valence electrons. The van der Waals surface area contributed by atoms with Gasteiger partial charge in [0.2, 0.25) is 0 Å². The molecule has 23 heavy (non-hydrogen) atoms. The maximum absolute atomic E-state index is 12.3. The number of fused-ring (bicyclic) bond motifs is 1. The van der Waals surface area contributed by atoms with Gasteiger partial charge in [-0.15, -0.1) is 0 Å². The van der Waals surface area contributed by atoms with Crippen LogP contribution < -0.4 is 10.9 Å². The van der Waals surface area contributed by atoms with Crippen molar-refractivity contribution in [2.75, 3.05) is 13.2 Å². The summed E-state index contributed by atoms with van der Waals surface area (Å²) in [6.07, 6.45) is 1.54. The van der Waals surface area contributed by atoms with Gasteiger partial charge in [0.1, 0.15) is 11.1 Å². The van der Waals surface area contributed by atoms with Crippen LogP contribution in [0.4, 0.5) is 0 Å². The highest BCUT2D eigenvalue weighted by atomic mass is 16.4. The fourth-order valence-electron chi connectivity index (χ4n) is 2.70. The van der Waals surface area contributed by atoms with Crippen molar-refractivity contribution < 1.29 is 14.3 Å². The van der Waals surface area contributed by atoms with Crippen molar-refractivity contribution in [3.8, 4) is 0 Å². The molecule has 2 N–H and O–H groups in total. The van der Waals surface area contributed by atoms with Crippen LogP contribution in [0.15, 0.2) is 39.5 Å². The summed E-state index contributed by atoms with van der Waals surface area (Å²) >= 11 is 0. The van der Waals surface area contributed by atoms with Crippen LogP contribution in [-0.2, 0) is 0 Å². The van der Waals surface area contributed by atoms with Gasteiger partial charge in [-0.2, -0.15) is 0 Å². The lowest BCUT2D eigenvalue weighted by molar-refractivity contribution is 0.0938. The first-order chi connectivity index (χ1) is 11.0. The van der Waals surface area contributed by atoms with E-state index in [1.807, 2.05) is 6.07 Å². The Kier molecular flexibility index (Phi) is 5.93. The van der Waals surface area contributed by atoms with E-state index in [1.165, 1.54) is 0 Å². The molecule has 2 rings (SSSR count). The molecule has 1 amide bonds. The van der Waals surface area contributed by atoms with Gasteiger partial charge in [-0.25, -0.2) is 4.79 Å². The number of aliphatic hydroxyl groups excluding tert-OH is 1. The molecule has 1 heterocycles. The molecule has 5 nitrogen and oxygen atoms in total. The van der Waals surface area contributed by atoms with Gasteiger partial charge in [-0.1, -0.05) is 32.0 Å². The van der Waals surface area contributed by atoms with Crippen molar-refractivity contribution in [1.29, 1.82) is 0 Å². The molecule has 2 aromatic rings. The van der Waals surface area contributed by atoms with Crippen molar-refractivity contribution in [3.63, 3.8) is 0 Å². The number of carbonyl (C=O) groups excluding carboxylic acids is 1. The second-order valence-corrected chi connectivity index (χ2v) is 6.20. The molecule has 0 radical (unpaired) electrons. The number of rotatable bonds is 7. The van der Waals surface area contributed by atoms with Crippen LogP contribution in [0.3, 0.4) is 0 Å². The van der Waals surface area contributed by atoms with E-state index in [1.54, 1.807) is 24.3 Å². The first-order valence-corrected chi connectivity index (χ1v) is 7.93. The molecule has 0 bridgehead atoms. The summed E-state index contributed by atoms with van der Waals surface area (Å²) in [6, 6.07) is 8.64. The van der Waals surface area contributed by atoms with Crippen molar-refractivity contribution in [2.24, 2.45) is 11.8 Å². The maximum atomic E-state index is 12.3. The molecule has 0 aliphatic rings. The molecule has 0 fully saturated rings. The van der Waals surface area contributed by atoms with E-state index in [-0.39, 0.29) is 18.1 Å². The Morgan fingerprint density at radius 3 is 2.74 bits per heavy atom. The van der Waals surface area contributed by atoms with Crippen molar-refractivity contribution in [1.82, 2.24) is 5.32 Å². The summed E-state index contributed by atoms with van der Waals surface area (Å²) in [4.78, 5) is 24.2. The predicted octanol–water partition coefficient (Wildman–Crippen LogP) is 2.57. The SMILES string of the molecule is CC(C)CC(CCO)CNC(=O)c1cc2ccccc2oc1=O. The fourth-order valence-corrected chi connectivity index (χ4v) is 2.70. The van der Waals surface area contributed by atoms with Crippen LogP contribution >= 0.6 is 0 Å². The summed E-state index contributed by atoms with van der Waals surface area (Å²) < 4.78 is 5.18. The Balaban J connectivity index is 2.11. The average molecular weight is 317 g/mol. The molecule has 1 aromatic carbocycles. The quantitative estimate of drug-likeness (QED) is 0.769. The number of benzene rings is 1. The van der Waals surface area contributed by atoms with Gasteiger partial charge in [0, 0.05) is 18.5 Å². The molecule has 1 unspecified atom stereocenters. The summed E-state index contributed by atoms with van der Waals surface area (Å²) in [5, 5.41) is 12.6. The van der Waals surface area contributed by atoms with Crippen LogP contribution in [0.25, 0.3) is 11.0 Å². The second-order valence-electron chi connectivity index (χ2n) is 6.20. The average Bonchev–Trinajstić information content (AvgIpc) is 2.51. The lowest BCUT2D eigenvalue weighted by Gasteiger charge is -2.18. The molecule has 5 heteroatoms. The minimum atomic E-state index is -0.635. The van der Waals surface area contributed by atoms with Crippen LogP contribution in [-0.4, -0.2) is 24.2 Å². The van der Waals surface area contributed by atoms with Crippen LogP contribution in [0.2, 0.25) is 0 Å². The van der Waals surface area contributed by atoms with E-state index in [0.717, 1.165) is 6.42 Å². The fraction of sp³-hybridized carbons (Fsp3) is 0.444. The van der Waals surface area contributed by atoms with E-state index < -0.39 is 11.5 Å². The Hall–Kier alpha value is -2.14. The highest BCUT2D eigenvalue weighted by Gasteiger charge is 2.16. The normalized spacial score (nSPS) is 12.5. The van der Waals surface area contributed by atoms with E-state index in [2.05, 4.69) is 19.2 Å². The number of aliphatic hydroxyl groups is 1. The number of nitrogens with one attached hydrogen (secondary N) is 1. The number of amides is 1. The Bertz CT molecular complexity index is 720. The topological polar surface area (TPSA) is 79.5 Å². The zero-order valence-corrected chi connectivity index (χ0v) is 13.5. The molecule has 0 saturated heterocycles. The van der Waals surface area contributed by atoms with E-state index in [0.29, 0.717) is 29.9 Å². The van der Waals surface area contributed by atoms with Gasteiger partial charge in [-0.05, 0) is 36.8 Å². The first-order valence-electron chi connectivity index (χ1n) is 7.93. The second kappa shape index (κ2) is 7.92. The van der Waals surface area contributed by atoms with E-state index in [9.17, 15) is 9.59 Å². The van der Waals surface area contributed by atoms with Crippen molar-refractivity contribution >= 4 is 16.9 Å². The van der Waals surface area contributed by atoms with Gasteiger partial charge in [0.05, 0.1) is 0 Å². The molecule has 0 spiro atoms. The minimum absolute atomic E-state index is 0.0102. The van der Waals surface area contributed by atoms with Gasteiger partial charge in [0.25, 0.3) is 5.91 Å². The first kappa shape index (κ1) is 17.2. The molecule has 0 aliphatic heterocycles. The maximum Gasteiger partial charge on any atom is 0.349 e. The number of para-hydroxylation sites is 1. The third kappa shape index (κ3) is 4.66. The molecule has 1 aromatic heterocycles. The zero-order valence-electron chi connectivity index (χ0n) is 13.5. The van der Waals surface area contributed by atoms with Crippen molar-refractivity contribution in [2.45, 2.75) is 26.7 Å². The van der Waals surface area contributed by atoms with Gasteiger partial charge >= 0.3 is 5.63 Å². The summed E-state index contributed by atoms with van der Waals surface area (Å²) in [6.45, 7) is 4.73. The minimum Gasteiger partial charge on any atom is -0.422 e. The third-order valence-electron chi connectivity index (χ3n) is 3.78. The lowest BCUT2D eigenvalue weighted by Crippen LogP contribution is -2.33. The standard InChI is InChI=1S/C18H23NO4/c1-12(2)9-13(7-8-20)11-19-17(21)15-10-14-5-3-4-6-16(14)23-18(15)22/h3-6,10,12-13,20H,7-9,11H2,1-2H3,(H,19,21). The lowest BCUT2D eigenvalue weighted by atomic mass is 9.94. The molecule has 0 saturated carbocycles. The van der Waals surface area contributed by atoms with E-state index in [4.69, 9.17) is 9.52 Å². The molecular weight excluding hydrogens is 294 g/mol. The largest absolute Gasteiger partial charge is 0.422 e. The molecule has 1 atom stereocenters. The van der Waals surface area contributed by atoms with Crippen LogP contribution in [0.5, 0.6) is 0 Å². The number of hydrogen-bond acceptors (Lipinski definition) is 4. The molecule has 0 aliphatic carbocycles. The number of carbonyl (C=O) groups is 1. The monoisotopic (exact) mass is 317 g/mol. The molecular formula is C18H23NO4. The number of hydrogen-bond donors (Lipinski definition) is 2. The zero-order chi connectivity index (χ0) is 16.8. The third-order valence-corrected chi connectivity index (χ3v) is 3.78. The Morgan fingerprint density at radius 1 is 1.30 bits per heavy atom. The predicted molar refractivity (Wildman–Crippen MR) is 89.5 cm³/mol. The Labute approximate surface area is 135 Å². The van der Waals surface area contributed by atoms with Gasteiger partial charge < -0.3 is 14.8 Å². The van der Waals surface area contributed by atoms with Crippen LogP contribution in [0, 0.1) is 11.8 Å². The van der Waals surface area contributed by atoms with Crippen molar-refractivity contribution in [3.05, 3.63) is 46.3 Å². The highest BCUT2D eigenvalue weighted by molar-refractivity contribution is 5.96.